The van der Waals surface area contributed by atoms with E-state index in [9.17, 15) is 0 Å². The average Bonchev–Trinajstić information content (AvgIpc) is 2.23. The van der Waals surface area contributed by atoms with Gasteiger partial charge in [-0.1, -0.05) is 19.8 Å². The zero-order valence-corrected chi connectivity index (χ0v) is 9.50. The molecule has 2 heteroatoms. The molecule has 1 aromatic heterocycles. The average molecular weight is 204 g/mol. The first-order valence-electron chi connectivity index (χ1n) is 5.74. The van der Waals surface area contributed by atoms with Crippen molar-refractivity contribution in [1.29, 1.82) is 0 Å². The Kier molecular flexibility index (Phi) is 6.02. The van der Waals surface area contributed by atoms with Gasteiger partial charge in [0.15, 0.2) is 0 Å². The van der Waals surface area contributed by atoms with Gasteiger partial charge in [0.25, 0.3) is 0 Å². The minimum absolute atomic E-state index is 0.610. The SMILES string of the molecule is [CH]c1cc(CCNCCCCC)ccn1. The Labute approximate surface area is 93.1 Å². The van der Waals surface area contributed by atoms with E-state index in [4.69, 9.17) is 6.92 Å². The summed E-state index contributed by atoms with van der Waals surface area (Å²) in [6.45, 7) is 9.96. The molecule has 2 radical (unpaired) electrons. The summed E-state index contributed by atoms with van der Waals surface area (Å²) in [5.74, 6) is 0. The molecule has 1 N–H and O–H groups in total. The molecule has 1 heterocycles. The van der Waals surface area contributed by atoms with Crippen LogP contribution < -0.4 is 5.32 Å². The monoisotopic (exact) mass is 204 g/mol. The van der Waals surface area contributed by atoms with Crippen LogP contribution >= 0.6 is 0 Å². The van der Waals surface area contributed by atoms with Gasteiger partial charge in [-0.2, -0.15) is 0 Å². The van der Waals surface area contributed by atoms with E-state index in [1.54, 1.807) is 6.20 Å². The summed E-state index contributed by atoms with van der Waals surface area (Å²) >= 11 is 0. The smallest absolute Gasteiger partial charge is 0.0451 e. The second-order valence-corrected chi connectivity index (χ2v) is 3.80. The lowest BCUT2D eigenvalue weighted by Gasteiger charge is -2.04. The summed E-state index contributed by atoms with van der Waals surface area (Å²) in [6.07, 6.45) is 6.66. The van der Waals surface area contributed by atoms with Gasteiger partial charge < -0.3 is 5.32 Å². The van der Waals surface area contributed by atoms with E-state index < -0.39 is 0 Å². The molecule has 0 bridgehead atoms. The molecule has 0 aliphatic carbocycles. The van der Waals surface area contributed by atoms with Gasteiger partial charge in [-0.15, -0.1) is 0 Å². The van der Waals surface area contributed by atoms with Gasteiger partial charge in [-0.3, -0.25) is 4.98 Å². The third kappa shape index (κ3) is 5.53. The van der Waals surface area contributed by atoms with Crippen LogP contribution in [0.3, 0.4) is 0 Å². The van der Waals surface area contributed by atoms with Crippen LogP contribution in [0.25, 0.3) is 0 Å². The number of pyridine rings is 1. The van der Waals surface area contributed by atoms with Crippen LogP contribution in [0.1, 0.15) is 37.4 Å². The van der Waals surface area contributed by atoms with Crippen LogP contribution in [0.15, 0.2) is 18.3 Å². The van der Waals surface area contributed by atoms with Crippen molar-refractivity contribution in [2.45, 2.75) is 32.6 Å². The predicted octanol–water partition coefficient (Wildman–Crippen LogP) is 2.46. The summed E-state index contributed by atoms with van der Waals surface area (Å²) in [7, 11) is 0. The normalized spacial score (nSPS) is 10.5. The maximum absolute atomic E-state index is 5.60. The molecular weight excluding hydrogens is 184 g/mol. The van der Waals surface area contributed by atoms with Crippen molar-refractivity contribution in [1.82, 2.24) is 10.3 Å². The third-order valence-corrected chi connectivity index (χ3v) is 2.39. The van der Waals surface area contributed by atoms with Crippen molar-refractivity contribution in [2.75, 3.05) is 13.1 Å². The molecule has 0 unspecified atom stereocenters. The first kappa shape index (κ1) is 12.2. The van der Waals surface area contributed by atoms with E-state index in [0.29, 0.717) is 5.69 Å². The van der Waals surface area contributed by atoms with Crippen LogP contribution in [0.4, 0.5) is 0 Å². The fourth-order valence-corrected chi connectivity index (χ4v) is 1.51. The molecule has 0 fully saturated rings. The van der Waals surface area contributed by atoms with Crippen molar-refractivity contribution < 1.29 is 0 Å². The lowest BCUT2D eigenvalue weighted by atomic mass is 10.1. The standard InChI is InChI=1S/C13H20N2/c1-3-4-5-8-14-9-6-13-7-10-15-12(2)11-13/h2,7,10-11,14H,3-6,8-9H2,1H3. The van der Waals surface area contributed by atoms with Gasteiger partial charge in [0.05, 0.1) is 0 Å². The van der Waals surface area contributed by atoms with Gasteiger partial charge in [-0.05, 0) is 43.6 Å². The molecular formula is C13H20N2. The first-order chi connectivity index (χ1) is 7.33. The molecule has 0 aliphatic heterocycles. The Balaban J connectivity index is 2.10. The molecule has 1 aromatic rings. The van der Waals surface area contributed by atoms with Crippen molar-refractivity contribution in [2.24, 2.45) is 0 Å². The van der Waals surface area contributed by atoms with Crippen LogP contribution in [0.2, 0.25) is 0 Å². The number of hydrogen-bond donors (Lipinski definition) is 1. The maximum Gasteiger partial charge on any atom is 0.0451 e. The number of aromatic nitrogens is 1. The quantitative estimate of drug-likeness (QED) is 0.690. The lowest BCUT2D eigenvalue weighted by Crippen LogP contribution is -2.18. The van der Waals surface area contributed by atoms with Crippen molar-refractivity contribution in [3.63, 3.8) is 0 Å². The largest absolute Gasteiger partial charge is 0.316 e. The molecule has 0 aliphatic rings. The van der Waals surface area contributed by atoms with Gasteiger partial charge >= 0.3 is 0 Å². The molecule has 0 amide bonds. The Morgan fingerprint density at radius 2 is 2.20 bits per heavy atom. The second-order valence-electron chi connectivity index (χ2n) is 3.80. The van der Waals surface area contributed by atoms with E-state index in [1.807, 2.05) is 12.1 Å². The van der Waals surface area contributed by atoms with Crippen LogP contribution in [-0.2, 0) is 6.42 Å². The highest BCUT2D eigenvalue weighted by atomic mass is 14.8. The van der Waals surface area contributed by atoms with Crippen molar-refractivity contribution in [3.8, 4) is 0 Å². The zero-order valence-electron chi connectivity index (χ0n) is 9.50. The van der Waals surface area contributed by atoms with Crippen molar-refractivity contribution >= 4 is 0 Å². The van der Waals surface area contributed by atoms with Crippen LogP contribution in [0, 0.1) is 6.92 Å². The van der Waals surface area contributed by atoms with Crippen LogP contribution in [-0.4, -0.2) is 18.1 Å². The first-order valence-corrected chi connectivity index (χ1v) is 5.74. The van der Waals surface area contributed by atoms with Crippen LogP contribution in [0.5, 0.6) is 0 Å². The molecule has 0 spiro atoms. The summed E-state index contributed by atoms with van der Waals surface area (Å²) < 4.78 is 0. The predicted molar refractivity (Wildman–Crippen MR) is 63.7 cm³/mol. The summed E-state index contributed by atoms with van der Waals surface area (Å²) in [4.78, 5) is 3.97. The Hall–Kier alpha value is -0.890. The number of nitrogens with zero attached hydrogens (tertiary/aromatic N) is 1. The molecule has 15 heavy (non-hydrogen) atoms. The molecule has 1 rings (SSSR count). The highest BCUT2D eigenvalue weighted by molar-refractivity contribution is 5.18. The van der Waals surface area contributed by atoms with Gasteiger partial charge in [0.2, 0.25) is 0 Å². The Bertz CT molecular complexity index is 271. The maximum atomic E-state index is 5.60. The lowest BCUT2D eigenvalue weighted by molar-refractivity contribution is 0.616. The molecule has 2 nitrogen and oxygen atoms in total. The third-order valence-electron chi connectivity index (χ3n) is 2.39. The van der Waals surface area contributed by atoms with Gasteiger partial charge in [0, 0.05) is 18.8 Å². The fraction of sp³-hybridized carbons (Fsp3) is 0.538. The highest BCUT2D eigenvalue weighted by Crippen LogP contribution is 2.00. The van der Waals surface area contributed by atoms with E-state index in [-0.39, 0.29) is 0 Å². The summed E-state index contributed by atoms with van der Waals surface area (Å²) in [5, 5.41) is 3.43. The molecule has 82 valence electrons. The fourth-order valence-electron chi connectivity index (χ4n) is 1.51. The van der Waals surface area contributed by atoms with E-state index in [0.717, 1.165) is 19.5 Å². The summed E-state index contributed by atoms with van der Waals surface area (Å²) in [5.41, 5.74) is 1.86. The number of unbranched alkanes of at least 4 members (excludes halogenated alkanes) is 2. The molecule has 0 saturated carbocycles. The highest BCUT2D eigenvalue weighted by Gasteiger charge is 1.93. The van der Waals surface area contributed by atoms with Gasteiger partial charge in [0.1, 0.15) is 0 Å². The molecule has 0 saturated heterocycles. The van der Waals surface area contributed by atoms with E-state index in [1.165, 1.54) is 24.8 Å². The zero-order chi connectivity index (χ0) is 10.9. The second kappa shape index (κ2) is 7.41. The minimum Gasteiger partial charge on any atom is -0.316 e. The number of nitrogens with one attached hydrogen (secondary N) is 1. The summed E-state index contributed by atoms with van der Waals surface area (Å²) in [6, 6.07) is 3.96. The molecule has 0 aromatic carbocycles. The Morgan fingerprint density at radius 1 is 1.33 bits per heavy atom. The number of rotatable bonds is 7. The van der Waals surface area contributed by atoms with Crippen molar-refractivity contribution in [3.05, 3.63) is 36.5 Å². The van der Waals surface area contributed by atoms with E-state index in [2.05, 4.69) is 17.2 Å². The van der Waals surface area contributed by atoms with Gasteiger partial charge in [-0.25, -0.2) is 0 Å². The topological polar surface area (TPSA) is 24.9 Å². The van der Waals surface area contributed by atoms with E-state index >= 15 is 0 Å². The minimum atomic E-state index is 0.610. The molecule has 0 atom stereocenters. The Morgan fingerprint density at radius 3 is 2.93 bits per heavy atom. The number of hydrogen-bond acceptors (Lipinski definition) is 2.